The lowest BCUT2D eigenvalue weighted by atomic mass is 10.0. The smallest absolute Gasteiger partial charge is 0.309 e. The molecule has 0 radical (unpaired) electrons. The lowest BCUT2D eigenvalue weighted by molar-refractivity contribution is -0.138. The van der Waals surface area contributed by atoms with Gasteiger partial charge in [0, 0.05) is 18.1 Å². The summed E-state index contributed by atoms with van der Waals surface area (Å²) in [5, 5.41) is -0.610. The van der Waals surface area contributed by atoms with Crippen LogP contribution < -0.4 is 11.2 Å². The van der Waals surface area contributed by atoms with Gasteiger partial charge in [-0.15, -0.1) is 0 Å². The number of sulfone groups is 1. The van der Waals surface area contributed by atoms with E-state index in [1.54, 1.807) is 0 Å². The molecule has 2 aromatic carbocycles. The molecule has 1 saturated heterocycles. The number of nitrogens with zero attached hydrogens (tertiary/aromatic N) is 3. The second-order valence-corrected chi connectivity index (χ2v) is 13.7. The molecular formula is C27H31Cl2F3N4O4S. The van der Waals surface area contributed by atoms with E-state index in [1.807, 2.05) is 19.0 Å². The monoisotopic (exact) mass is 634 g/mol. The third kappa shape index (κ3) is 6.83. The Balaban J connectivity index is 1.79. The normalized spacial score (nSPS) is 16.8. The van der Waals surface area contributed by atoms with Gasteiger partial charge in [-0.25, -0.2) is 13.2 Å². The highest BCUT2D eigenvalue weighted by Crippen LogP contribution is 2.39. The highest BCUT2D eigenvalue weighted by atomic mass is 35.5. The number of halogens is 5. The Bertz CT molecular complexity index is 1690. The van der Waals surface area contributed by atoms with Crippen LogP contribution >= 0.6 is 23.2 Å². The maximum Gasteiger partial charge on any atom is 0.416 e. The predicted molar refractivity (Wildman–Crippen MR) is 154 cm³/mol. The molecule has 1 N–H and O–H groups in total. The number of H-pyrrole nitrogens is 1. The van der Waals surface area contributed by atoms with Crippen LogP contribution in [0.25, 0.3) is 10.9 Å². The van der Waals surface area contributed by atoms with E-state index in [4.69, 9.17) is 23.2 Å². The van der Waals surface area contributed by atoms with E-state index in [2.05, 4.69) is 9.88 Å². The zero-order valence-corrected chi connectivity index (χ0v) is 25.1. The van der Waals surface area contributed by atoms with Crippen molar-refractivity contribution < 1.29 is 21.6 Å². The number of nitrogens with one attached hydrogen (secondary N) is 1. The van der Waals surface area contributed by atoms with Gasteiger partial charge in [0.2, 0.25) is 0 Å². The fraction of sp³-hybridized carbons (Fsp3) is 0.481. The molecule has 0 aliphatic carbocycles. The van der Waals surface area contributed by atoms with Gasteiger partial charge >= 0.3 is 11.9 Å². The molecule has 41 heavy (non-hydrogen) atoms. The Hall–Kier alpha value is -2.38. The molecule has 0 amide bonds. The number of aromatic nitrogens is 2. The van der Waals surface area contributed by atoms with Crippen molar-refractivity contribution in [2.75, 3.05) is 39.5 Å². The van der Waals surface area contributed by atoms with E-state index in [-0.39, 0.29) is 43.9 Å². The van der Waals surface area contributed by atoms with Crippen LogP contribution in [0.5, 0.6) is 0 Å². The number of alkyl halides is 3. The minimum atomic E-state index is -4.82. The summed E-state index contributed by atoms with van der Waals surface area (Å²) < 4.78 is 68.8. The van der Waals surface area contributed by atoms with Gasteiger partial charge in [0.05, 0.1) is 38.7 Å². The van der Waals surface area contributed by atoms with E-state index >= 15 is 0 Å². The first-order valence-electron chi connectivity index (χ1n) is 13.1. The Morgan fingerprint density at radius 2 is 1.83 bits per heavy atom. The van der Waals surface area contributed by atoms with Gasteiger partial charge in [-0.05, 0) is 81.3 Å². The van der Waals surface area contributed by atoms with Crippen molar-refractivity contribution in [3.63, 3.8) is 0 Å². The molecule has 0 spiro atoms. The second-order valence-electron chi connectivity index (χ2n) is 10.6. The van der Waals surface area contributed by atoms with Gasteiger partial charge in [0.15, 0.2) is 9.84 Å². The molecule has 14 heteroatoms. The van der Waals surface area contributed by atoms with E-state index in [0.29, 0.717) is 29.6 Å². The van der Waals surface area contributed by atoms with Gasteiger partial charge in [-0.3, -0.25) is 14.3 Å². The molecule has 8 nitrogen and oxygen atoms in total. The molecule has 1 atom stereocenters. The second kappa shape index (κ2) is 12.1. The minimum Gasteiger partial charge on any atom is -0.309 e. The van der Waals surface area contributed by atoms with Crippen molar-refractivity contribution in [1.82, 2.24) is 19.4 Å². The average molecular weight is 636 g/mol. The Kier molecular flexibility index (Phi) is 9.30. The summed E-state index contributed by atoms with van der Waals surface area (Å²) in [6.07, 6.45) is -3.05. The standard InChI is InChI=1S/C27H31Cl2F3N4O4S/c1-4-41(39,40)22-6-5-18(28)11-17(22)14-36-25(37)19-12-21(27(30,31)32)20(23(29)24(19)33-26(36)38)15-35-10-8-16(13-35)7-9-34(2)3/h5-6,11-12,16H,4,7-10,13-15H2,1-3H3,(H,33,38)/t16-/m0/s1. The highest BCUT2D eigenvalue weighted by molar-refractivity contribution is 7.91. The fourth-order valence-corrected chi connectivity index (χ4v) is 6.82. The van der Waals surface area contributed by atoms with Gasteiger partial charge in [-0.1, -0.05) is 30.1 Å². The number of rotatable bonds is 9. The van der Waals surface area contributed by atoms with E-state index in [0.717, 1.165) is 19.4 Å². The zero-order valence-electron chi connectivity index (χ0n) is 22.8. The van der Waals surface area contributed by atoms with Crippen molar-refractivity contribution in [3.05, 3.63) is 71.8 Å². The third-order valence-electron chi connectivity index (χ3n) is 7.43. The number of aromatic amines is 1. The molecule has 0 unspecified atom stereocenters. The number of hydrogen-bond donors (Lipinski definition) is 1. The first kappa shape index (κ1) is 31.6. The summed E-state index contributed by atoms with van der Waals surface area (Å²) >= 11 is 12.6. The SMILES string of the molecule is CCS(=O)(=O)c1ccc(Cl)cc1Cn1c(=O)[nH]c2c(Cl)c(CN3CC[C@H](CCN(C)C)C3)c(C(F)(F)F)cc2c1=O. The van der Waals surface area contributed by atoms with Gasteiger partial charge in [-0.2, -0.15) is 13.2 Å². The summed E-state index contributed by atoms with van der Waals surface area (Å²) in [5.74, 6) is 0.0941. The van der Waals surface area contributed by atoms with Crippen LogP contribution in [0.2, 0.25) is 10.0 Å². The van der Waals surface area contributed by atoms with Crippen LogP contribution in [0.3, 0.4) is 0 Å². The van der Waals surface area contributed by atoms with Crippen LogP contribution in [-0.2, 0) is 29.1 Å². The van der Waals surface area contributed by atoms with Crippen molar-refractivity contribution >= 4 is 43.9 Å². The summed E-state index contributed by atoms with van der Waals surface area (Å²) in [7, 11) is 0.171. The lowest BCUT2D eigenvalue weighted by Gasteiger charge is -2.22. The first-order chi connectivity index (χ1) is 19.1. The highest BCUT2D eigenvalue weighted by Gasteiger charge is 2.37. The fourth-order valence-electron chi connectivity index (χ4n) is 5.20. The van der Waals surface area contributed by atoms with Gasteiger partial charge in [0.1, 0.15) is 0 Å². The molecule has 4 rings (SSSR count). The van der Waals surface area contributed by atoms with Crippen LogP contribution in [-0.4, -0.2) is 67.3 Å². The molecule has 1 fully saturated rings. The molecule has 3 aromatic rings. The number of fused-ring (bicyclic) bond motifs is 1. The molecule has 0 saturated carbocycles. The van der Waals surface area contributed by atoms with Crippen LogP contribution in [0.1, 0.15) is 36.5 Å². The van der Waals surface area contributed by atoms with Crippen LogP contribution in [0.4, 0.5) is 13.2 Å². The zero-order chi connectivity index (χ0) is 30.3. The predicted octanol–water partition coefficient (Wildman–Crippen LogP) is 4.63. The molecule has 1 aromatic heterocycles. The van der Waals surface area contributed by atoms with Crippen LogP contribution in [0, 0.1) is 5.92 Å². The van der Waals surface area contributed by atoms with E-state index in [1.165, 1.54) is 25.1 Å². The quantitative estimate of drug-likeness (QED) is 0.369. The topological polar surface area (TPSA) is 95.5 Å². The molecule has 2 heterocycles. The summed E-state index contributed by atoms with van der Waals surface area (Å²) in [6.45, 7) is 2.91. The Morgan fingerprint density at radius 1 is 1.12 bits per heavy atom. The van der Waals surface area contributed by atoms with E-state index < -0.39 is 44.8 Å². The van der Waals surface area contributed by atoms with Crippen molar-refractivity contribution in [2.24, 2.45) is 5.92 Å². The largest absolute Gasteiger partial charge is 0.416 e. The lowest BCUT2D eigenvalue weighted by Crippen LogP contribution is -2.36. The number of benzene rings is 2. The first-order valence-corrected chi connectivity index (χ1v) is 15.5. The van der Waals surface area contributed by atoms with Crippen molar-refractivity contribution in [1.29, 1.82) is 0 Å². The minimum absolute atomic E-state index is 0.0583. The third-order valence-corrected chi connectivity index (χ3v) is 9.91. The summed E-state index contributed by atoms with van der Waals surface area (Å²) in [6, 6.07) is 4.65. The molecule has 224 valence electrons. The van der Waals surface area contributed by atoms with E-state index in [9.17, 15) is 31.2 Å². The van der Waals surface area contributed by atoms with Crippen molar-refractivity contribution in [3.8, 4) is 0 Å². The molecule has 1 aliphatic rings. The summed E-state index contributed by atoms with van der Waals surface area (Å²) in [5.41, 5.74) is -3.38. The number of likely N-dealkylation sites (tertiary alicyclic amines) is 1. The molecule has 1 aliphatic heterocycles. The molecule has 0 bridgehead atoms. The van der Waals surface area contributed by atoms with Gasteiger partial charge < -0.3 is 9.88 Å². The maximum absolute atomic E-state index is 14.3. The van der Waals surface area contributed by atoms with Crippen LogP contribution in [0.15, 0.2) is 38.8 Å². The maximum atomic E-state index is 14.3. The summed E-state index contributed by atoms with van der Waals surface area (Å²) in [4.78, 5) is 32.8. The number of hydrogen-bond acceptors (Lipinski definition) is 6. The van der Waals surface area contributed by atoms with Crippen molar-refractivity contribution in [2.45, 2.75) is 43.9 Å². The molecular weight excluding hydrogens is 604 g/mol. The Morgan fingerprint density at radius 3 is 2.46 bits per heavy atom. The average Bonchev–Trinajstić information content (AvgIpc) is 3.34. The van der Waals surface area contributed by atoms with Gasteiger partial charge in [0.25, 0.3) is 5.56 Å². The Labute approximate surface area is 245 Å².